The minimum absolute atomic E-state index is 0.107. The normalized spacial score (nSPS) is 23.3. The molecule has 1 amide bonds. The first-order valence-corrected chi connectivity index (χ1v) is 18.0. The number of carbonyl (C=O) groups excluding carboxylic acids is 1. The summed E-state index contributed by atoms with van der Waals surface area (Å²) in [7, 11) is 1.82. The number of alkyl halides is 1. The van der Waals surface area contributed by atoms with E-state index in [9.17, 15) is 18.7 Å². The van der Waals surface area contributed by atoms with Crippen molar-refractivity contribution >= 4 is 29.3 Å². The summed E-state index contributed by atoms with van der Waals surface area (Å²) in [5, 5.41) is 14.4. The van der Waals surface area contributed by atoms with Crippen LogP contribution in [0.15, 0.2) is 54.9 Å². The Morgan fingerprint density at radius 1 is 1.23 bits per heavy atom. The van der Waals surface area contributed by atoms with Gasteiger partial charge in [0, 0.05) is 50.4 Å². The molecule has 3 atom stereocenters. The van der Waals surface area contributed by atoms with Crippen molar-refractivity contribution in [1.29, 1.82) is 0 Å². The fourth-order valence-corrected chi connectivity index (χ4v) is 8.45. The van der Waals surface area contributed by atoms with Crippen LogP contribution in [0.3, 0.4) is 0 Å². The monoisotopic (exact) mass is 709 g/mol. The number of β-amino-alcohol motifs (C(OH)–C–C–N with tert-alkyl or cyclic N) is 1. The lowest BCUT2D eigenvalue weighted by Crippen LogP contribution is -2.51. The molecule has 1 saturated heterocycles. The van der Waals surface area contributed by atoms with E-state index in [2.05, 4.69) is 22.8 Å². The van der Waals surface area contributed by atoms with E-state index >= 15 is 0 Å². The van der Waals surface area contributed by atoms with Crippen LogP contribution in [0.1, 0.15) is 67.8 Å². The van der Waals surface area contributed by atoms with Crippen molar-refractivity contribution in [3.63, 3.8) is 0 Å². The number of aliphatic hydroxyl groups is 1. The summed E-state index contributed by atoms with van der Waals surface area (Å²) >= 11 is 0. The number of hydrogen-bond donors (Lipinski definition) is 2. The molecule has 2 aliphatic carbocycles. The molecule has 2 N–H and O–H groups in total. The maximum Gasteiger partial charge on any atom is 0.319 e. The summed E-state index contributed by atoms with van der Waals surface area (Å²) in [6, 6.07) is 8.72. The Morgan fingerprint density at radius 3 is 2.77 bits per heavy atom. The second-order valence-corrected chi connectivity index (χ2v) is 14.7. The zero-order valence-electron chi connectivity index (χ0n) is 29.7. The third-order valence-electron chi connectivity index (χ3n) is 11.2. The minimum atomic E-state index is -1.05. The second-order valence-electron chi connectivity index (χ2n) is 14.7. The van der Waals surface area contributed by atoms with Gasteiger partial charge in [0.05, 0.1) is 40.7 Å². The van der Waals surface area contributed by atoms with E-state index in [-0.39, 0.29) is 43.6 Å². The number of nitrogens with zero attached hydrogens (tertiary/aromatic N) is 6. The van der Waals surface area contributed by atoms with Gasteiger partial charge in [-0.25, -0.2) is 13.8 Å². The molecule has 3 aromatic rings. The molecule has 0 spiro atoms. The van der Waals surface area contributed by atoms with Gasteiger partial charge in [0.2, 0.25) is 5.91 Å². The number of carbonyl (C=O) groups is 1. The Balaban J connectivity index is 1.25. The number of anilines is 3. The average Bonchev–Trinajstić information content (AvgIpc) is 3.76. The Morgan fingerprint density at radius 2 is 2.04 bits per heavy atom. The SMILES string of the molecule is C#Cc1c(F)ccc2c1N(C1=Cc3nc(OC[C@]4(C)C[C@@H](F)CN4c4ccccn4)nc(NCC4(N(C)C(=O)C=C)CCCC4)c3CC1)C[C@@H](O)C2. The summed E-state index contributed by atoms with van der Waals surface area (Å²) < 4.78 is 36.3. The van der Waals surface area contributed by atoms with Gasteiger partial charge >= 0.3 is 6.01 Å². The molecule has 52 heavy (non-hydrogen) atoms. The molecule has 2 aromatic heterocycles. The summed E-state index contributed by atoms with van der Waals surface area (Å²) in [6.45, 7) is 6.68. The molecule has 10 nitrogen and oxygen atoms in total. The number of likely N-dealkylation sites (N-methyl/N-ethyl adjacent to an activating group) is 1. The Labute approximate surface area is 303 Å². The molecule has 1 saturated carbocycles. The zero-order valence-corrected chi connectivity index (χ0v) is 29.7. The number of halogens is 2. The van der Waals surface area contributed by atoms with Crippen molar-refractivity contribution in [2.24, 2.45) is 0 Å². The molecule has 4 aliphatic rings. The van der Waals surface area contributed by atoms with Gasteiger partial charge in [-0.2, -0.15) is 9.97 Å². The smallest absolute Gasteiger partial charge is 0.319 e. The number of rotatable bonds is 10. The van der Waals surface area contributed by atoms with E-state index in [1.54, 1.807) is 17.2 Å². The molecular formula is C40H45F2N7O3. The number of aliphatic hydroxyl groups excluding tert-OH is 1. The molecule has 272 valence electrons. The van der Waals surface area contributed by atoms with Crippen LogP contribution in [0.4, 0.5) is 26.1 Å². The van der Waals surface area contributed by atoms with Crippen LogP contribution in [-0.4, -0.2) is 87.5 Å². The highest BCUT2D eigenvalue weighted by atomic mass is 19.1. The van der Waals surface area contributed by atoms with Crippen molar-refractivity contribution in [3.8, 4) is 18.4 Å². The van der Waals surface area contributed by atoms with Crippen LogP contribution < -0.4 is 19.9 Å². The lowest BCUT2D eigenvalue weighted by atomic mass is 9.92. The van der Waals surface area contributed by atoms with Crippen LogP contribution in [-0.2, 0) is 17.6 Å². The maximum atomic E-state index is 15.0. The van der Waals surface area contributed by atoms with E-state index in [4.69, 9.17) is 21.1 Å². The molecule has 1 aromatic carbocycles. The molecule has 7 rings (SSSR count). The fraction of sp³-hybridized carbons (Fsp3) is 0.450. The van der Waals surface area contributed by atoms with E-state index in [0.717, 1.165) is 42.5 Å². The number of aromatic nitrogens is 3. The van der Waals surface area contributed by atoms with Crippen molar-refractivity contribution in [3.05, 3.63) is 83.1 Å². The molecule has 0 radical (unpaired) electrons. The Bertz CT molecular complexity index is 1930. The number of nitrogens with one attached hydrogen (secondary N) is 1. The summed E-state index contributed by atoms with van der Waals surface area (Å²) in [4.78, 5) is 32.7. The zero-order chi connectivity index (χ0) is 36.6. The number of benzene rings is 1. The summed E-state index contributed by atoms with van der Waals surface area (Å²) in [6.07, 6.45) is 14.5. The highest BCUT2D eigenvalue weighted by molar-refractivity contribution is 5.87. The van der Waals surface area contributed by atoms with Crippen LogP contribution in [0.5, 0.6) is 6.01 Å². The number of hydrogen-bond acceptors (Lipinski definition) is 9. The second kappa shape index (κ2) is 14.2. The van der Waals surface area contributed by atoms with Gasteiger partial charge in [-0.05, 0) is 68.5 Å². The van der Waals surface area contributed by atoms with Crippen molar-refractivity contribution < 1.29 is 23.4 Å². The predicted octanol–water partition coefficient (Wildman–Crippen LogP) is 5.46. The van der Waals surface area contributed by atoms with Crippen LogP contribution in [0.25, 0.3) is 6.08 Å². The van der Waals surface area contributed by atoms with Crippen molar-refractivity contribution in [1.82, 2.24) is 19.9 Å². The molecule has 2 fully saturated rings. The highest BCUT2D eigenvalue weighted by Gasteiger charge is 2.44. The molecule has 0 bridgehead atoms. The van der Waals surface area contributed by atoms with E-state index in [1.807, 2.05) is 48.0 Å². The van der Waals surface area contributed by atoms with Crippen LogP contribution in [0, 0.1) is 18.2 Å². The van der Waals surface area contributed by atoms with E-state index < -0.39 is 29.2 Å². The minimum Gasteiger partial charge on any atom is -0.461 e. The van der Waals surface area contributed by atoms with E-state index in [1.165, 1.54) is 12.1 Å². The molecule has 4 heterocycles. The Hall–Kier alpha value is -5.02. The number of terminal acetylenes is 1. The maximum absolute atomic E-state index is 15.0. The first-order valence-electron chi connectivity index (χ1n) is 18.0. The van der Waals surface area contributed by atoms with Gasteiger partial charge < -0.3 is 29.9 Å². The quantitative estimate of drug-likeness (QED) is 0.210. The first-order chi connectivity index (χ1) is 25.0. The van der Waals surface area contributed by atoms with Gasteiger partial charge in [-0.15, -0.1) is 6.42 Å². The standard InChI is InChI=1S/C40H45F2N7O3/c1-5-30-32(42)15-12-26-19-29(50)23-48(36(26)30)28-13-14-31-33(20-28)45-38(46-37(31)44-24-40(16-8-9-17-40)47(4)35(51)6-2)52-25-39(3)21-27(41)22-49(39)34-11-7-10-18-43-34/h1,6-7,10-12,15,18,20,27,29,50H,2,8-9,13-14,16-17,19,21-25H2,3-4H3,(H,44,45,46)/t27-,29+,39+/m1/s1. The van der Waals surface area contributed by atoms with Crippen molar-refractivity contribution in [2.45, 2.75) is 81.6 Å². The summed E-state index contributed by atoms with van der Waals surface area (Å²) in [5.74, 6) is 3.17. The third kappa shape index (κ3) is 6.58. The molecular weight excluding hydrogens is 664 g/mol. The molecule has 2 aliphatic heterocycles. The van der Waals surface area contributed by atoms with Crippen LogP contribution >= 0.6 is 0 Å². The van der Waals surface area contributed by atoms with Crippen LogP contribution in [0.2, 0.25) is 0 Å². The number of allylic oxidation sites excluding steroid dienone is 1. The van der Waals surface area contributed by atoms with Gasteiger partial charge in [0.15, 0.2) is 0 Å². The number of ether oxygens (including phenoxy) is 1. The topological polar surface area (TPSA) is 107 Å². The van der Waals surface area contributed by atoms with Gasteiger partial charge in [-0.3, -0.25) is 4.79 Å². The lowest BCUT2D eigenvalue weighted by Gasteiger charge is -2.39. The number of fused-ring (bicyclic) bond motifs is 2. The van der Waals surface area contributed by atoms with Crippen molar-refractivity contribution in [2.75, 3.05) is 48.4 Å². The summed E-state index contributed by atoms with van der Waals surface area (Å²) in [5.41, 5.74) is 2.73. The largest absolute Gasteiger partial charge is 0.461 e. The molecule has 0 unspecified atom stereocenters. The fourth-order valence-electron chi connectivity index (χ4n) is 8.45. The van der Waals surface area contributed by atoms with Gasteiger partial charge in [0.25, 0.3) is 0 Å². The first kappa shape index (κ1) is 35.4. The predicted molar refractivity (Wildman–Crippen MR) is 197 cm³/mol. The number of pyridine rings is 1. The van der Waals surface area contributed by atoms with Gasteiger partial charge in [0.1, 0.15) is 30.2 Å². The highest BCUT2D eigenvalue weighted by Crippen LogP contribution is 2.41. The molecule has 12 heteroatoms. The lowest BCUT2D eigenvalue weighted by molar-refractivity contribution is -0.129. The van der Waals surface area contributed by atoms with Gasteiger partial charge in [-0.1, -0.05) is 37.5 Å². The number of amides is 1. The average molecular weight is 710 g/mol. The Kier molecular flexibility index (Phi) is 9.65. The third-order valence-corrected chi connectivity index (χ3v) is 11.2. The van der Waals surface area contributed by atoms with E-state index in [0.29, 0.717) is 48.8 Å².